The van der Waals surface area contributed by atoms with E-state index in [9.17, 15) is 14.7 Å². The molecule has 1 atom stereocenters. The molecule has 4 nitrogen and oxygen atoms in total. The number of carbonyl (C=O) groups is 2. The van der Waals surface area contributed by atoms with Crippen LogP contribution in [0.4, 0.5) is 5.69 Å². The largest absolute Gasteiger partial charge is 0.375 e. The van der Waals surface area contributed by atoms with Crippen LogP contribution in [-0.2, 0) is 10.4 Å². The molecule has 3 aromatic carbocycles. The van der Waals surface area contributed by atoms with Gasteiger partial charge in [0.05, 0.1) is 12.1 Å². The van der Waals surface area contributed by atoms with Gasteiger partial charge in [-0.3, -0.25) is 9.59 Å². The molecule has 3 aromatic rings. The minimum Gasteiger partial charge on any atom is -0.375 e. The van der Waals surface area contributed by atoms with Gasteiger partial charge in [-0.1, -0.05) is 58.4 Å². The number of hydrogen-bond acceptors (Lipinski definition) is 3. The quantitative estimate of drug-likeness (QED) is 0.470. The highest BCUT2D eigenvalue weighted by molar-refractivity contribution is 9.10. The molecular weight excluding hydrogens is 418 g/mol. The summed E-state index contributed by atoms with van der Waals surface area (Å²) in [4.78, 5) is 27.5. The first-order chi connectivity index (χ1) is 13.4. The third-order valence-corrected chi connectivity index (χ3v) is 5.59. The normalized spacial score (nSPS) is 18.4. The third kappa shape index (κ3) is 2.97. The van der Waals surface area contributed by atoms with Crippen LogP contribution in [0.15, 0.2) is 77.8 Å². The number of amides is 1. The van der Waals surface area contributed by atoms with Gasteiger partial charge in [0.15, 0.2) is 11.4 Å². The lowest BCUT2D eigenvalue weighted by molar-refractivity contribution is -0.135. The van der Waals surface area contributed by atoms with E-state index in [4.69, 9.17) is 0 Å². The van der Waals surface area contributed by atoms with E-state index in [0.717, 1.165) is 15.2 Å². The lowest BCUT2D eigenvalue weighted by Gasteiger charge is -2.22. The molecule has 0 spiro atoms. The van der Waals surface area contributed by atoms with Gasteiger partial charge in [0.1, 0.15) is 0 Å². The van der Waals surface area contributed by atoms with Crippen LogP contribution in [0.3, 0.4) is 0 Å². The van der Waals surface area contributed by atoms with E-state index in [2.05, 4.69) is 22.5 Å². The van der Waals surface area contributed by atoms with Gasteiger partial charge < -0.3 is 10.0 Å². The van der Waals surface area contributed by atoms with E-state index < -0.39 is 11.5 Å². The van der Waals surface area contributed by atoms with Crippen LogP contribution in [0.1, 0.15) is 22.3 Å². The number of rotatable bonds is 5. The van der Waals surface area contributed by atoms with Crippen molar-refractivity contribution in [1.82, 2.24) is 0 Å². The lowest BCUT2D eigenvalue weighted by atomic mass is 9.88. The number of nitrogens with zero attached hydrogens (tertiary/aromatic N) is 1. The third-order valence-electron chi connectivity index (χ3n) is 5.09. The van der Waals surface area contributed by atoms with Crippen LogP contribution in [0.2, 0.25) is 0 Å². The van der Waals surface area contributed by atoms with Crippen molar-refractivity contribution in [1.29, 1.82) is 0 Å². The first-order valence-corrected chi connectivity index (χ1v) is 9.70. The van der Waals surface area contributed by atoms with Gasteiger partial charge in [0.25, 0.3) is 5.91 Å². The Balaban J connectivity index is 1.73. The van der Waals surface area contributed by atoms with Gasteiger partial charge in [-0.2, -0.15) is 0 Å². The number of hydrogen-bond donors (Lipinski definition) is 1. The maximum absolute atomic E-state index is 13.0. The Bertz CT molecular complexity index is 1120. The highest BCUT2D eigenvalue weighted by Gasteiger charge is 2.50. The van der Waals surface area contributed by atoms with Crippen LogP contribution in [-0.4, -0.2) is 23.3 Å². The molecule has 1 aliphatic rings. The monoisotopic (exact) mass is 435 g/mol. The summed E-state index contributed by atoms with van der Waals surface area (Å²) in [7, 11) is 0. The van der Waals surface area contributed by atoms with Crippen LogP contribution in [0.25, 0.3) is 10.8 Å². The number of carbonyl (C=O) groups excluding carboxylic acids is 2. The molecule has 0 saturated heterocycles. The van der Waals surface area contributed by atoms with Crippen molar-refractivity contribution in [2.45, 2.75) is 12.0 Å². The van der Waals surface area contributed by atoms with Gasteiger partial charge in [-0.05, 0) is 35.0 Å². The zero-order chi connectivity index (χ0) is 19.9. The van der Waals surface area contributed by atoms with E-state index in [-0.39, 0.29) is 18.7 Å². The van der Waals surface area contributed by atoms with Crippen molar-refractivity contribution < 1.29 is 14.7 Å². The van der Waals surface area contributed by atoms with Gasteiger partial charge in [-0.25, -0.2) is 0 Å². The Morgan fingerprint density at radius 1 is 1.11 bits per heavy atom. The van der Waals surface area contributed by atoms with Crippen LogP contribution in [0, 0.1) is 0 Å². The average molecular weight is 436 g/mol. The molecule has 1 amide bonds. The molecule has 0 fully saturated rings. The Hall–Kier alpha value is -2.76. The molecule has 0 aliphatic carbocycles. The predicted octanol–water partition coefficient (Wildman–Crippen LogP) is 4.60. The fourth-order valence-electron chi connectivity index (χ4n) is 3.70. The Morgan fingerprint density at radius 3 is 2.61 bits per heavy atom. The number of aliphatic hydroxyl groups is 1. The summed E-state index contributed by atoms with van der Waals surface area (Å²) in [5.41, 5.74) is -0.395. The Kier molecular flexibility index (Phi) is 4.65. The summed E-state index contributed by atoms with van der Waals surface area (Å²) in [6.45, 7) is 3.95. The minimum atomic E-state index is -1.90. The second-order valence-corrected chi connectivity index (χ2v) is 7.80. The first kappa shape index (κ1) is 18.6. The number of Topliss-reactive ketones (excluding diaryl/α,β-unsaturated/α-hetero) is 1. The molecule has 5 heteroatoms. The summed E-state index contributed by atoms with van der Waals surface area (Å²) in [6.07, 6.45) is 1.28. The molecule has 140 valence electrons. The number of halogens is 1. The predicted molar refractivity (Wildman–Crippen MR) is 113 cm³/mol. The number of benzene rings is 3. The second kappa shape index (κ2) is 7.00. The topological polar surface area (TPSA) is 57.6 Å². The molecule has 0 radical (unpaired) electrons. The molecule has 1 heterocycles. The standard InChI is InChI=1S/C23H18BrNO3/c1-2-11-25-20-10-9-18(24)13-19(20)23(28,22(25)27)14-21(26)17-8-7-15-5-3-4-6-16(15)12-17/h2-10,12-13,28H,1,11,14H2/t23-/m0/s1. The van der Waals surface area contributed by atoms with Crippen LogP contribution < -0.4 is 4.90 Å². The van der Waals surface area contributed by atoms with Crippen molar-refractivity contribution >= 4 is 44.1 Å². The molecule has 1 aliphatic heterocycles. The summed E-state index contributed by atoms with van der Waals surface area (Å²) in [6, 6.07) is 18.4. The molecule has 1 N–H and O–H groups in total. The second-order valence-electron chi connectivity index (χ2n) is 6.89. The number of anilines is 1. The molecule has 0 saturated carbocycles. The lowest BCUT2D eigenvalue weighted by Crippen LogP contribution is -2.41. The molecule has 0 aromatic heterocycles. The first-order valence-electron chi connectivity index (χ1n) is 8.91. The summed E-state index contributed by atoms with van der Waals surface area (Å²) >= 11 is 3.39. The number of fused-ring (bicyclic) bond motifs is 2. The van der Waals surface area contributed by atoms with Crippen LogP contribution in [0.5, 0.6) is 0 Å². The smallest absolute Gasteiger partial charge is 0.264 e. The Labute approximate surface area is 171 Å². The average Bonchev–Trinajstić information content (AvgIpc) is 2.89. The van der Waals surface area contributed by atoms with E-state index in [1.54, 1.807) is 36.4 Å². The van der Waals surface area contributed by atoms with Gasteiger partial charge in [0, 0.05) is 22.1 Å². The zero-order valence-electron chi connectivity index (χ0n) is 15.1. The molecule has 28 heavy (non-hydrogen) atoms. The molecular formula is C23H18BrNO3. The van der Waals surface area contributed by atoms with Crippen molar-refractivity contribution in [2.75, 3.05) is 11.4 Å². The SMILES string of the molecule is C=CCN1C(=O)[C@](O)(CC(=O)c2ccc3ccccc3c2)c2cc(Br)ccc21. The fourth-order valence-corrected chi connectivity index (χ4v) is 4.06. The van der Waals surface area contributed by atoms with E-state index in [1.165, 1.54) is 4.90 Å². The maximum Gasteiger partial charge on any atom is 0.264 e. The Morgan fingerprint density at radius 2 is 1.86 bits per heavy atom. The number of ketones is 1. The van der Waals surface area contributed by atoms with Gasteiger partial charge in [-0.15, -0.1) is 6.58 Å². The summed E-state index contributed by atoms with van der Waals surface area (Å²) in [5.74, 6) is -0.789. The minimum absolute atomic E-state index is 0.264. The van der Waals surface area contributed by atoms with Crippen LogP contribution >= 0.6 is 15.9 Å². The van der Waals surface area contributed by atoms with Crippen molar-refractivity contribution in [3.63, 3.8) is 0 Å². The van der Waals surface area contributed by atoms with Crippen molar-refractivity contribution in [2.24, 2.45) is 0 Å². The van der Waals surface area contributed by atoms with Gasteiger partial charge in [0.2, 0.25) is 0 Å². The molecule has 0 bridgehead atoms. The molecule has 4 rings (SSSR count). The summed E-state index contributed by atoms with van der Waals surface area (Å²) < 4.78 is 0.732. The highest BCUT2D eigenvalue weighted by Crippen LogP contribution is 2.44. The van der Waals surface area contributed by atoms with Crippen molar-refractivity contribution in [3.05, 3.63) is 88.9 Å². The van der Waals surface area contributed by atoms with Gasteiger partial charge >= 0.3 is 0 Å². The fraction of sp³-hybridized carbons (Fsp3) is 0.130. The van der Waals surface area contributed by atoms with Crippen molar-refractivity contribution in [3.8, 4) is 0 Å². The zero-order valence-corrected chi connectivity index (χ0v) is 16.6. The van der Waals surface area contributed by atoms with E-state index in [0.29, 0.717) is 16.8 Å². The maximum atomic E-state index is 13.0. The van der Waals surface area contributed by atoms with E-state index >= 15 is 0 Å². The molecule has 0 unspecified atom stereocenters. The van der Waals surface area contributed by atoms with E-state index in [1.807, 2.05) is 30.3 Å². The summed E-state index contributed by atoms with van der Waals surface area (Å²) in [5, 5.41) is 13.3. The highest BCUT2D eigenvalue weighted by atomic mass is 79.9.